The number of hydrogen-bond acceptors (Lipinski definition) is 4. The van der Waals surface area contributed by atoms with Gasteiger partial charge in [0.05, 0.1) is 16.9 Å². The number of alkyl halides is 1. The molecule has 0 spiro atoms. The van der Waals surface area contributed by atoms with E-state index in [0.717, 1.165) is 50.1 Å². The van der Waals surface area contributed by atoms with Crippen molar-refractivity contribution >= 4 is 76.0 Å². The minimum absolute atomic E-state index is 0.336. The van der Waals surface area contributed by atoms with Gasteiger partial charge in [-0.1, -0.05) is 86.6 Å². The Labute approximate surface area is 280 Å². The zero-order chi connectivity index (χ0) is 32.1. The van der Waals surface area contributed by atoms with Gasteiger partial charge in [0.2, 0.25) is 0 Å². The van der Waals surface area contributed by atoms with Crippen molar-refractivity contribution in [2.75, 3.05) is 4.90 Å². The molecule has 0 aliphatic carbocycles. The van der Waals surface area contributed by atoms with Crippen molar-refractivity contribution in [3.05, 3.63) is 156 Å². The Morgan fingerprint density at radius 2 is 1.44 bits per heavy atom. The minimum Gasteiger partial charge on any atom is -0.299 e. The van der Waals surface area contributed by atoms with E-state index in [0.29, 0.717) is 11.1 Å². The van der Waals surface area contributed by atoms with E-state index in [1.165, 1.54) is 25.7 Å². The number of pyridine rings is 2. The monoisotopic (exact) mass is 640 g/mol. The summed E-state index contributed by atoms with van der Waals surface area (Å²) in [5.74, 6) is 0.808. The number of aromatic nitrogens is 3. The summed E-state index contributed by atoms with van der Waals surface area (Å²) in [7, 11) is 0. The molecule has 5 heterocycles. The van der Waals surface area contributed by atoms with Gasteiger partial charge in [0.1, 0.15) is 11.5 Å². The van der Waals surface area contributed by atoms with Crippen molar-refractivity contribution in [1.82, 2.24) is 14.4 Å². The summed E-state index contributed by atoms with van der Waals surface area (Å²) in [6.07, 6.45) is 4.27. The second-order valence-electron chi connectivity index (χ2n) is 13.2. The van der Waals surface area contributed by atoms with Crippen LogP contribution in [0.25, 0.3) is 47.5 Å². The van der Waals surface area contributed by atoms with Crippen molar-refractivity contribution in [2.45, 2.75) is 25.4 Å². The number of fused-ring (bicyclic) bond motifs is 12. The van der Waals surface area contributed by atoms with Gasteiger partial charge in [0.15, 0.2) is 6.17 Å². The molecule has 0 fully saturated rings. The third-order valence-corrected chi connectivity index (χ3v) is 11.4. The fourth-order valence-corrected chi connectivity index (χ4v) is 9.33. The van der Waals surface area contributed by atoms with Crippen LogP contribution in [0.4, 0.5) is 21.6 Å². The van der Waals surface area contributed by atoms with Crippen molar-refractivity contribution < 1.29 is 4.39 Å². The molecule has 0 saturated heterocycles. The van der Waals surface area contributed by atoms with E-state index in [1.807, 2.05) is 90.6 Å². The molecule has 5 aromatic carbocycles. The van der Waals surface area contributed by atoms with E-state index < -0.39 is 6.17 Å². The van der Waals surface area contributed by atoms with E-state index in [1.54, 1.807) is 0 Å². The third-order valence-electron chi connectivity index (χ3n) is 10.2. The van der Waals surface area contributed by atoms with E-state index >= 15 is 4.39 Å². The van der Waals surface area contributed by atoms with Gasteiger partial charge in [-0.05, 0) is 64.5 Å². The third kappa shape index (κ3) is 3.75. The summed E-state index contributed by atoms with van der Waals surface area (Å²) in [6.45, 7) is 4.58. The summed E-state index contributed by atoms with van der Waals surface area (Å²) in [5, 5.41) is 5.67. The van der Waals surface area contributed by atoms with E-state index in [-0.39, 0.29) is 5.41 Å². The maximum absolute atomic E-state index is 16.9. The number of anilines is 3. The highest BCUT2D eigenvalue weighted by molar-refractivity contribution is 7.26. The van der Waals surface area contributed by atoms with Crippen molar-refractivity contribution in [3.63, 3.8) is 0 Å². The summed E-state index contributed by atoms with van der Waals surface area (Å²) in [6, 6.07) is 39.4. The molecule has 1 aliphatic heterocycles. The van der Waals surface area contributed by atoms with Crippen LogP contribution in [0.15, 0.2) is 134 Å². The molecule has 0 saturated carbocycles. The Balaban J connectivity index is 1.16. The predicted molar refractivity (Wildman–Crippen MR) is 197 cm³/mol. The molecule has 6 heteroatoms. The molecule has 0 N–H and O–H groups in total. The highest BCUT2D eigenvalue weighted by atomic mass is 32.1. The number of benzene rings is 5. The zero-order valence-electron chi connectivity index (χ0n) is 26.4. The first-order chi connectivity index (χ1) is 23.5. The normalized spacial score (nSPS) is 14.6. The summed E-state index contributed by atoms with van der Waals surface area (Å²) in [5.41, 5.74) is 7.24. The molecular weight excluding hydrogens is 612 g/mol. The fraction of sp³-hybridized carbons (Fsp3) is 0.0952. The fourth-order valence-electron chi connectivity index (χ4n) is 7.93. The molecule has 0 amide bonds. The van der Waals surface area contributed by atoms with Crippen LogP contribution >= 0.6 is 11.3 Å². The number of halogens is 1. The average molecular weight is 641 g/mol. The first-order valence-electron chi connectivity index (χ1n) is 16.2. The smallest absolute Gasteiger partial charge is 0.150 e. The van der Waals surface area contributed by atoms with Crippen LogP contribution in [0.1, 0.15) is 42.3 Å². The average Bonchev–Trinajstić information content (AvgIpc) is 3.77. The van der Waals surface area contributed by atoms with Gasteiger partial charge in [-0.2, -0.15) is 0 Å². The number of para-hydroxylation sites is 1. The largest absolute Gasteiger partial charge is 0.299 e. The summed E-state index contributed by atoms with van der Waals surface area (Å²) >= 11 is 1.84. The van der Waals surface area contributed by atoms with Gasteiger partial charge in [-0.25, -0.2) is 14.4 Å². The van der Waals surface area contributed by atoms with Crippen LogP contribution in [0.2, 0.25) is 0 Å². The lowest BCUT2D eigenvalue weighted by molar-refractivity contribution is 0.402. The molecular formula is C42H29FN4S. The Bertz CT molecular complexity index is 2740. The molecule has 230 valence electrons. The molecule has 1 atom stereocenters. The zero-order valence-corrected chi connectivity index (χ0v) is 27.2. The maximum Gasteiger partial charge on any atom is 0.150 e. The Morgan fingerprint density at radius 1 is 0.667 bits per heavy atom. The van der Waals surface area contributed by atoms with Gasteiger partial charge >= 0.3 is 0 Å². The Morgan fingerprint density at radius 3 is 2.31 bits per heavy atom. The van der Waals surface area contributed by atoms with Crippen molar-refractivity contribution in [3.8, 4) is 0 Å². The SMILES string of the molecule is CC1(C)c2ccc(C(F)c3ccc4c5ccccc5n5ccnc5c4c3)cc2N(c2ccccn2)c2ccc3c(sc4ccccc43)c21. The molecule has 48 heavy (non-hydrogen) atoms. The van der Waals surface area contributed by atoms with Crippen LogP contribution in [-0.2, 0) is 5.41 Å². The number of rotatable bonds is 3. The topological polar surface area (TPSA) is 33.4 Å². The summed E-state index contributed by atoms with van der Waals surface area (Å²) in [4.78, 5) is 11.7. The highest BCUT2D eigenvalue weighted by Crippen LogP contribution is 2.56. The van der Waals surface area contributed by atoms with Gasteiger partial charge in [0.25, 0.3) is 0 Å². The molecule has 4 nitrogen and oxygen atoms in total. The molecule has 10 rings (SSSR count). The van der Waals surface area contributed by atoms with Crippen molar-refractivity contribution in [2.24, 2.45) is 0 Å². The molecule has 1 unspecified atom stereocenters. The van der Waals surface area contributed by atoms with E-state index in [9.17, 15) is 0 Å². The quantitative estimate of drug-likeness (QED) is 0.180. The van der Waals surface area contributed by atoms with E-state index in [2.05, 4.69) is 82.7 Å². The van der Waals surface area contributed by atoms with Crippen LogP contribution in [-0.4, -0.2) is 14.4 Å². The molecule has 0 radical (unpaired) electrons. The van der Waals surface area contributed by atoms with Crippen LogP contribution in [0.3, 0.4) is 0 Å². The molecule has 9 aromatic rings. The maximum atomic E-state index is 16.9. The number of hydrogen-bond donors (Lipinski definition) is 0. The minimum atomic E-state index is -1.33. The van der Waals surface area contributed by atoms with Gasteiger partial charge in [-0.15, -0.1) is 11.3 Å². The Kier molecular flexibility index (Phi) is 5.71. The Hall–Kier alpha value is -5.59. The number of nitrogens with zero attached hydrogens (tertiary/aromatic N) is 4. The first kappa shape index (κ1) is 27.5. The molecule has 0 bridgehead atoms. The predicted octanol–water partition coefficient (Wildman–Crippen LogP) is 11.6. The first-order valence-corrected chi connectivity index (χ1v) is 17.0. The van der Waals surface area contributed by atoms with Crippen LogP contribution in [0, 0.1) is 0 Å². The lowest BCUT2D eigenvalue weighted by atomic mass is 9.72. The van der Waals surface area contributed by atoms with Crippen LogP contribution in [0.5, 0.6) is 0 Å². The summed E-state index contributed by atoms with van der Waals surface area (Å²) < 4.78 is 21.5. The molecule has 1 aliphatic rings. The second-order valence-corrected chi connectivity index (χ2v) is 14.2. The lowest BCUT2D eigenvalue weighted by Gasteiger charge is -2.42. The standard InChI is InChI=1S/C42H29FN4S/c1-42(2)32-18-15-26(39(43)25-14-16-27-28-9-3-5-11-33(28)46-22-21-45-41(46)31(27)23-25)24-35(32)47(37-13-7-8-20-44-37)34-19-17-30-29-10-4-6-12-36(29)48-40(30)38(34)42/h3-24,39H,1-2H3. The van der Waals surface area contributed by atoms with Gasteiger partial charge in [0, 0.05) is 60.5 Å². The van der Waals surface area contributed by atoms with E-state index in [4.69, 9.17) is 4.98 Å². The lowest BCUT2D eigenvalue weighted by Crippen LogP contribution is -2.31. The highest BCUT2D eigenvalue weighted by Gasteiger charge is 2.40. The number of imidazole rings is 1. The number of thiophene rings is 1. The second kappa shape index (κ2) is 9.96. The van der Waals surface area contributed by atoms with Gasteiger partial charge < -0.3 is 0 Å². The molecule has 4 aromatic heterocycles. The van der Waals surface area contributed by atoms with Crippen molar-refractivity contribution in [1.29, 1.82) is 0 Å². The van der Waals surface area contributed by atoms with Gasteiger partial charge in [-0.3, -0.25) is 9.30 Å². The van der Waals surface area contributed by atoms with Crippen LogP contribution < -0.4 is 4.90 Å².